The first-order valence-electron chi connectivity index (χ1n) is 5.82. The third-order valence-electron chi connectivity index (χ3n) is 2.97. The molecule has 19 heavy (non-hydrogen) atoms. The molecule has 6 heteroatoms. The van der Waals surface area contributed by atoms with E-state index in [0.29, 0.717) is 10.0 Å². The maximum absolute atomic E-state index is 11.8. The lowest BCUT2D eigenvalue weighted by Crippen LogP contribution is -2.26. The van der Waals surface area contributed by atoms with E-state index in [1.165, 1.54) is 0 Å². The monoisotopic (exact) mass is 302 g/mol. The minimum atomic E-state index is -0.933. The average Bonchev–Trinajstić information content (AvgIpc) is 2.75. The van der Waals surface area contributed by atoms with E-state index in [1.54, 1.807) is 25.1 Å². The number of carbonyl (C=O) groups is 2. The Morgan fingerprint density at radius 3 is 2.79 bits per heavy atom. The fourth-order valence-corrected chi connectivity index (χ4v) is 2.35. The van der Waals surface area contributed by atoms with Gasteiger partial charge in [-0.25, -0.2) is 0 Å². The SMILES string of the molecule is CCOC(=O)[C@H]1C(=O)OC[C@@H]1c1ccc(Cl)c(Cl)c1. The highest BCUT2D eigenvalue weighted by Crippen LogP contribution is 2.35. The highest BCUT2D eigenvalue weighted by molar-refractivity contribution is 6.42. The molecule has 2 rings (SSSR count). The van der Waals surface area contributed by atoms with Gasteiger partial charge in [-0.1, -0.05) is 29.3 Å². The van der Waals surface area contributed by atoms with E-state index < -0.39 is 17.9 Å². The number of hydrogen-bond donors (Lipinski definition) is 0. The van der Waals surface area contributed by atoms with Gasteiger partial charge in [-0.15, -0.1) is 0 Å². The maximum atomic E-state index is 11.8. The molecule has 0 saturated carbocycles. The van der Waals surface area contributed by atoms with Crippen molar-refractivity contribution in [2.75, 3.05) is 13.2 Å². The summed E-state index contributed by atoms with van der Waals surface area (Å²) in [6.45, 7) is 2.04. The molecule has 0 spiro atoms. The van der Waals surface area contributed by atoms with Crippen LogP contribution in [0.1, 0.15) is 18.4 Å². The summed E-state index contributed by atoms with van der Waals surface area (Å²) < 4.78 is 9.86. The minimum Gasteiger partial charge on any atom is -0.465 e. The topological polar surface area (TPSA) is 52.6 Å². The van der Waals surface area contributed by atoms with Crippen LogP contribution >= 0.6 is 23.2 Å². The second kappa shape index (κ2) is 5.80. The van der Waals surface area contributed by atoms with E-state index in [9.17, 15) is 9.59 Å². The number of rotatable bonds is 3. The molecule has 0 aliphatic carbocycles. The molecule has 1 saturated heterocycles. The predicted molar refractivity (Wildman–Crippen MR) is 70.3 cm³/mol. The molecule has 1 aromatic rings. The molecule has 4 nitrogen and oxygen atoms in total. The van der Waals surface area contributed by atoms with Gasteiger partial charge in [0.05, 0.1) is 23.3 Å². The van der Waals surface area contributed by atoms with Crippen LogP contribution in [0.2, 0.25) is 10.0 Å². The summed E-state index contributed by atoms with van der Waals surface area (Å²) >= 11 is 11.8. The molecule has 1 aliphatic rings. The molecule has 0 bridgehead atoms. The highest BCUT2D eigenvalue weighted by Gasteiger charge is 2.44. The lowest BCUT2D eigenvalue weighted by Gasteiger charge is -2.14. The molecule has 0 N–H and O–H groups in total. The molecule has 1 heterocycles. The standard InChI is InChI=1S/C13H12Cl2O4/c1-2-18-12(16)11-8(6-19-13(11)17)7-3-4-9(14)10(15)5-7/h3-5,8,11H,2,6H2,1H3/t8-,11+/m1/s1. The largest absolute Gasteiger partial charge is 0.465 e. The normalized spacial score (nSPS) is 22.2. The first-order valence-corrected chi connectivity index (χ1v) is 6.58. The summed E-state index contributed by atoms with van der Waals surface area (Å²) in [7, 11) is 0. The molecule has 1 fully saturated rings. The summed E-state index contributed by atoms with van der Waals surface area (Å²) in [5, 5.41) is 0.796. The molecule has 1 aromatic carbocycles. The zero-order chi connectivity index (χ0) is 14.0. The Labute approximate surface area is 120 Å². The maximum Gasteiger partial charge on any atom is 0.321 e. The van der Waals surface area contributed by atoms with Crippen molar-refractivity contribution in [2.45, 2.75) is 12.8 Å². The van der Waals surface area contributed by atoms with E-state index in [-0.39, 0.29) is 19.1 Å². The lowest BCUT2D eigenvalue weighted by atomic mass is 9.88. The molecular weight excluding hydrogens is 291 g/mol. The summed E-state index contributed by atoms with van der Waals surface area (Å²) in [5.74, 6) is -2.45. The predicted octanol–water partition coefficient (Wildman–Crippen LogP) is 2.81. The Kier molecular flexibility index (Phi) is 4.32. The van der Waals surface area contributed by atoms with Crippen LogP contribution in [0, 0.1) is 5.92 Å². The minimum absolute atomic E-state index is 0.139. The number of hydrogen-bond acceptors (Lipinski definition) is 4. The molecule has 1 aliphatic heterocycles. The molecule has 0 unspecified atom stereocenters. The summed E-state index contributed by atoms with van der Waals surface area (Å²) in [4.78, 5) is 23.5. The van der Waals surface area contributed by atoms with E-state index in [4.69, 9.17) is 32.7 Å². The van der Waals surface area contributed by atoms with Crippen LogP contribution in [0.15, 0.2) is 18.2 Å². The molecule has 0 radical (unpaired) electrons. The van der Waals surface area contributed by atoms with E-state index in [1.807, 2.05) is 0 Å². The Hall–Kier alpha value is -1.26. The first-order chi connectivity index (χ1) is 9.04. The van der Waals surface area contributed by atoms with Crippen molar-refractivity contribution in [3.05, 3.63) is 33.8 Å². The third kappa shape index (κ3) is 2.85. The third-order valence-corrected chi connectivity index (χ3v) is 3.71. The van der Waals surface area contributed by atoms with Gasteiger partial charge in [0.1, 0.15) is 0 Å². The van der Waals surface area contributed by atoms with E-state index in [2.05, 4.69) is 0 Å². The van der Waals surface area contributed by atoms with E-state index >= 15 is 0 Å². The van der Waals surface area contributed by atoms with Crippen molar-refractivity contribution in [2.24, 2.45) is 5.92 Å². The van der Waals surface area contributed by atoms with Gasteiger partial charge in [0, 0.05) is 5.92 Å². The second-order valence-corrected chi connectivity index (χ2v) is 4.95. The van der Waals surface area contributed by atoms with Crippen molar-refractivity contribution in [1.82, 2.24) is 0 Å². The van der Waals surface area contributed by atoms with Crippen LogP contribution in [0.4, 0.5) is 0 Å². The van der Waals surface area contributed by atoms with Crippen LogP contribution in [0.25, 0.3) is 0 Å². The molecule has 102 valence electrons. The molecule has 0 amide bonds. The number of carbonyl (C=O) groups excluding carboxylic acids is 2. The van der Waals surface area contributed by atoms with Crippen molar-refractivity contribution in [3.63, 3.8) is 0 Å². The van der Waals surface area contributed by atoms with Gasteiger partial charge in [0.15, 0.2) is 5.92 Å². The lowest BCUT2D eigenvalue weighted by molar-refractivity contribution is -0.155. The van der Waals surface area contributed by atoms with Gasteiger partial charge in [0.25, 0.3) is 0 Å². The Balaban J connectivity index is 2.29. The number of ether oxygens (including phenoxy) is 2. The van der Waals surface area contributed by atoms with Crippen LogP contribution in [0.5, 0.6) is 0 Å². The van der Waals surface area contributed by atoms with Gasteiger partial charge in [0.2, 0.25) is 0 Å². The number of halogens is 2. The Morgan fingerprint density at radius 1 is 1.42 bits per heavy atom. The van der Waals surface area contributed by atoms with Crippen LogP contribution in [-0.2, 0) is 19.1 Å². The Bertz CT molecular complexity index is 515. The molecular formula is C13H12Cl2O4. The molecule has 0 aromatic heterocycles. The number of esters is 2. The fourth-order valence-electron chi connectivity index (χ4n) is 2.05. The van der Waals surface area contributed by atoms with E-state index in [0.717, 1.165) is 5.56 Å². The Morgan fingerprint density at radius 2 is 2.16 bits per heavy atom. The number of cyclic esters (lactones) is 1. The van der Waals surface area contributed by atoms with Gasteiger partial charge >= 0.3 is 11.9 Å². The fraction of sp³-hybridized carbons (Fsp3) is 0.385. The van der Waals surface area contributed by atoms with Crippen molar-refractivity contribution in [1.29, 1.82) is 0 Å². The smallest absolute Gasteiger partial charge is 0.321 e. The van der Waals surface area contributed by atoms with Crippen molar-refractivity contribution >= 4 is 35.1 Å². The van der Waals surface area contributed by atoms with Gasteiger partial charge in [-0.3, -0.25) is 9.59 Å². The summed E-state index contributed by atoms with van der Waals surface area (Å²) in [6, 6.07) is 5.00. The average molecular weight is 303 g/mol. The zero-order valence-corrected chi connectivity index (χ0v) is 11.7. The molecule has 2 atom stereocenters. The van der Waals surface area contributed by atoms with Gasteiger partial charge < -0.3 is 9.47 Å². The van der Waals surface area contributed by atoms with Gasteiger partial charge in [-0.2, -0.15) is 0 Å². The van der Waals surface area contributed by atoms with Crippen LogP contribution < -0.4 is 0 Å². The first kappa shape index (κ1) is 14.2. The highest BCUT2D eigenvalue weighted by atomic mass is 35.5. The van der Waals surface area contributed by atoms with Crippen LogP contribution in [-0.4, -0.2) is 25.2 Å². The van der Waals surface area contributed by atoms with Gasteiger partial charge in [-0.05, 0) is 24.6 Å². The van der Waals surface area contributed by atoms with Crippen molar-refractivity contribution in [3.8, 4) is 0 Å². The van der Waals surface area contributed by atoms with Crippen LogP contribution in [0.3, 0.4) is 0 Å². The number of benzene rings is 1. The second-order valence-electron chi connectivity index (χ2n) is 4.14. The summed E-state index contributed by atoms with van der Waals surface area (Å²) in [6.07, 6.45) is 0. The quantitative estimate of drug-likeness (QED) is 0.636. The zero-order valence-electron chi connectivity index (χ0n) is 10.2. The summed E-state index contributed by atoms with van der Waals surface area (Å²) in [5.41, 5.74) is 0.735. The van der Waals surface area contributed by atoms with Crippen molar-refractivity contribution < 1.29 is 19.1 Å².